The van der Waals surface area contributed by atoms with Crippen LogP contribution < -0.4 is 5.32 Å². The molecule has 1 N–H and O–H groups in total. The molecule has 1 atom stereocenters. The maximum Gasteiger partial charge on any atom is 0.0651 e. The van der Waals surface area contributed by atoms with E-state index in [2.05, 4.69) is 34.2 Å². The van der Waals surface area contributed by atoms with Crippen molar-refractivity contribution in [2.24, 2.45) is 0 Å². The molecule has 13 heavy (non-hydrogen) atoms. The van der Waals surface area contributed by atoms with E-state index >= 15 is 0 Å². The molecule has 0 unspecified atom stereocenters. The third-order valence-corrected chi connectivity index (χ3v) is 3.25. The molecular weight excluding hydrogens is 249 g/mol. The van der Waals surface area contributed by atoms with Gasteiger partial charge in [-0.2, -0.15) is 0 Å². The van der Waals surface area contributed by atoms with Crippen LogP contribution in [0.3, 0.4) is 0 Å². The van der Waals surface area contributed by atoms with Gasteiger partial charge < -0.3 is 5.32 Å². The molecule has 0 fully saturated rings. The molecular formula is C10H11BrClN. The molecule has 1 nitrogen and oxygen atoms in total. The summed E-state index contributed by atoms with van der Waals surface area (Å²) in [5, 5.41) is 4.15. The zero-order valence-corrected chi connectivity index (χ0v) is 9.74. The van der Waals surface area contributed by atoms with Gasteiger partial charge in [-0.3, -0.25) is 0 Å². The number of benzene rings is 1. The molecule has 0 amide bonds. The summed E-state index contributed by atoms with van der Waals surface area (Å²) in [5.74, 6) is 0.603. The van der Waals surface area contributed by atoms with Crippen LogP contribution >= 0.6 is 27.5 Å². The van der Waals surface area contributed by atoms with Gasteiger partial charge in [-0.15, -0.1) is 0 Å². The Labute approximate surface area is 91.6 Å². The van der Waals surface area contributed by atoms with Crippen molar-refractivity contribution >= 4 is 33.2 Å². The van der Waals surface area contributed by atoms with Crippen LogP contribution in [0.25, 0.3) is 0 Å². The van der Waals surface area contributed by atoms with E-state index in [0.717, 1.165) is 21.7 Å². The summed E-state index contributed by atoms with van der Waals surface area (Å²) in [6.07, 6.45) is 1.18. The second kappa shape index (κ2) is 3.50. The van der Waals surface area contributed by atoms with E-state index in [9.17, 15) is 0 Å². The largest absolute Gasteiger partial charge is 0.384 e. The molecule has 0 aliphatic carbocycles. The first kappa shape index (κ1) is 9.35. The zero-order valence-electron chi connectivity index (χ0n) is 7.40. The summed E-state index contributed by atoms with van der Waals surface area (Å²) in [4.78, 5) is 0. The predicted molar refractivity (Wildman–Crippen MR) is 60.7 cm³/mol. The molecule has 0 radical (unpaired) electrons. The molecule has 0 spiro atoms. The third-order valence-electron chi connectivity index (χ3n) is 2.50. The lowest BCUT2D eigenvalue weighted by Gasteiger charge is -2.25. The molecule has 1 aliphatic heterocycles. The van der Waals surface area contributed by atoms with Crippen LogP contribution in [0.1, 0.15) is 24.8 Å². The highest BCUT2D eigenvalue weighted by Crippen LogP contribution is 2.38. The number of hydrogen-bond donors (Lipinski definition) is 1. The van der Waals surface area contributed by atoms with E-state index in [1.54, 1.807) is 0 Å². The smallest absolute Gasteiger partial charge is 0.0651 e. The first-order chi connectivity index (χ1) is 6.18. The van der Waals surface area contributed by atoms with Crippen LogP contribution in [-0.2, 0) is 0 Å². The van der Waals surface area contributed by atoms with Crippen molar-refractivity contribution in [2.75, 3.05) is 11.9 Å². The van der Waals surface area contributed by atoms with Crippen molar-refractivity contribution < 1.29 is 0 Å². The number of hydrogen-bond acceptors (Lipinski definition) is 1. The Morgan fingerprint density at radius 3 is 3.08 bits per heavy atom. The number of anilines is 1. The molecule has 0 aromatic heterocycles. The number of halogens is 2. The summed E-state index contributed by atoms with van der Waals surface area (Å²) in [6, 6.07) is 4.09. The molecule has 1 aromatic carbocycles. The molecule has 1 aliphatic rings. The van der Waals surface area contributed by atoms with E-state index < -0.39 is 0 Å². The van der Waals surface area contributed by atoms with Crippen LogP contribution in [-0.4, -0.2) is 6.54 Å². The first-order valence-corrected chi connectivity index (χ1v) is 5.58. The van der Waals surface area contributed by atoms with Crippen molar-refractivity contribution in [3.8, 4) is 0 Å². The summed E-state index contributed by atoms with van der Waals surface area (Å²) >= 11 is 9.58. The Morgan fingerprint density at radius 1 is 1.54 bits per heavy atom. The van der Waals surface area contributed by atoms with Crippen LogP contribution in [0.15, 0.2) is 16.6 Å². The van der Waals surface area contributed by atoms with Gasteiger partial charge >= 0.3 is 0 Å². The highest BCUT2D eigenvalue weighted by atomic mass is 79.9. The molecule has 1 heterocycles. The lowest BCUT2D eigenvalue weighted by molar-refractivity contribution is 0.683. The van der Waals surface area contributed by atoms with Crippen molar-refractivity contribution in [3.63, 3.8) is 0 Å². The predicted octanol–water partition coefficient (Wildman–Crippen LogP) is 4.02. The minimum Gasteiger partial charge on any atom is -0.384 e. The van der Waals surface area contributed by atoms with Crippen molar-refractivity contribution in [1.29, 1.82) is 0 Å². The van der Waals surface area contributed by atoms with Gasteiger partial charge in [0.25, 0.3) is 0 Å². The Bertz CT molecular complexity index is 338. The van der Waals surface area contributed by atoms with E-state index in [4.69, 9.17) is 11.6 Å². The van der Waals surface area contributed by atoms with Crippen LogP contribution in [0.4, 0.5) is 5.69 Å². The van der Waals surface area contributed by atoms with Gasteiger partial charge in [0.05, 0.1) is 10.7 Å². The Hall–Kier alpha value is -0.210. The lowest BCUT2D eigenvalue weighted by Crippen LogP contribution is -2.15. The topological polar surface area (TPSA) is 12.0 Å². The lowest BCUT2D eigenvalue weighted by atomic mass is 9.93. The summed E-state index contributed by atoms with van der Waals surface area (Å²) in [7, 11) is 0. The van der Waals surface area contributed by atoms with E-state index in [0.29, 0.717) is 5.92 Å². The van der Waals surface area contributed by atoms with Crippen molar-refractivity contribution in [2.45, 2.75) is 19.3 Å². The van der Waals surface area contributed by atoms with Gasteiger partial charge in [0.1, 0.15) is 0 Å². The third kappa shape index (κ3) is 1.70. The quantitative estimate of drug-likeness (QED) is 0.743. The average molecular weight is 261 g/mol. The highest BCUT2D eigenvalue weighted by molar-refractivity contribution is 9.10. The maximum absolute atomic E-state index is 6.12. The van der Waals surface area contributed by atoms with Gasteiger partial charge in [0.2, 0.25) is 0 Å². The average Bonchev–Trinajstić information content (AvgIpc) is 2.07. The molecule has 3 heteroatoms. The summed E-state index contributed by atoms with van der Waals surface area (Å²) in [5.41, 5.74) is 2.44. The Kier molecular flexibility index (Phi) is 2.52. The van der Waals surface area contributed by atoms with Gasteiger partial charge in [-0.25, -0.2) is 0 Å². The second-order valence-corrected chi connectivity index (χ2v) is 4.79. The fourth-order valence-corrected chi connectivity index (χ4v) is 2.64. The van der Waals surface area contributed by atoms with E-state index in [1.165, 1.54) is 12.0 Å². The molecule has 0 bridgehead atoms. The highest BCUT2D eigenvalue weighted by Gasteiger charge is 2.18. The van der Waals surface area contributed by atoms with Crippen molar-refractivity contribution in [1.82, 2.24) is 0 Å². The molecule has 0 saturated heterocycles. The summed E-state index contributed by atoms with van der Waals surface area (Å²) < 4.78 is 1.06. The fraction of sp³-hybridized carbons (Fsp3) is 0.400. The molecule has 0 saturated carbocycles. The van der Waals surface area contributed by atoms with E-state index in [-0.39, 0.29) is 0 Å². The molecule has 70 valence electrons. The van der Waals surface area contributed by atoms with Gasteiger partial charge in [-0.1, -0.05) is 34.5 Å². The van der Waals surface area contributed by atoms with E-state index in [1.807, 2.05) is 6.07 Å². The first-order valence-electron chi connectivity index (χ1n) is 4.41. The second-order valence-electron chi connectivity index (χ2n) is 3.47. The Morgan fingerprint density at radius 2 is 2.31 bits per heavy atom. The van der Waals surface area contributed by atoms with Crippen LogP contribution in [0, 0.1) is 0 Å². The monoisotopic (exact) mass is 259 g/mol. The van der Waals surface area contributed by atoms with Gasteiger partial charge in [0.15, 0.2) is 0 Å². The Balaban J connectivity index is 2.56. The molecule has 2 rings (SSSR count). The number of rotatable bonds is 0. The van der Waals surface area contributed by atoms with Crippen LogP contribution in [0.2, 0.25) is 5.02 Å². The SMILES string of the molecule is C[C@H]1CCNc2c(Cl)cc(Br)cc21. The standard InChI is InChI=1S/C10H11BrClN/c1-6-2-3-13-10-8(6)4-7(11)5-9(10)12/h4-6,13H,2-3H2,1H3/t6-/m0/s1. The minimum absolute atomic E-state index is 0.603. The summed E-state index contributed by atoms with van der Waals surface area (Å²) in [6.45, 7) is 3.26. The minimum atomic E-state index is 0.603. The van der Waals surface area contributed by atoms with Crippen molar-refractivity contribution in [3.05, 3.63) is 27.2 Å². The van der Waals surface area contributed by atoms with Gasteiger partial charge in [-0.05, 0) is 30.0 Å². The zero-order chi connectivity index (χ0) is 9.42. The normalized spacial score (nSPS) is 20.7. The van der Waals surface area contributed by atoms with Gasteiger partial charge in [0, 0.05) is 11.0 Å². The van der Waals surface area contributed by atoms with Crippen LogP contribution in [0.5, 0.6) is 0 Å². The maximum atomic E-state index is 6.12. The molecule has 1 aromatic rings. The fourth-order valence-electron chi connectivity index (χ4n) is 1.74. The number of nitrogens with one attached hydrogen (secondary N) is 1. The number of fused-ring (bicyclic) bond motifs is 1.